The Hall–Kier alpha value is -2.51. The summed E-state index contributed by atoms with van der Waals surface area (Å²) in [6.07, 6.45) is 3.68. The predicted molar refractivity (Wildman–Crippen MR) is 73.5 cm³/mol. The highest BCUT2D eigenvalue weighted by Crippen LogP contribution is 2.18. The van der Waals surface area contributed by atoms with E-state index in [1.165, 1.54) is 6.20 Å². The van der Waals surface area contributed by atoms with Crippen LogP contribution in [0.25, 0.3) is 0 Å². The molecule has 0 aromatic carbocycles. The number of nitro groups is 1. The highest BCUT2D eigenvalue weighted by Gasteiger charge is 2.11. The lowest BCUT2D eigenvalue weighted by atomic mass is 10.2. The van der Waals surface area contributed by atoms with Gasteiger partial charge < -0.3 is 9.88 Å². The quantitative estimate of drug-likeness (QED) is 0.635. The summed E-state index contributed by atoms with van der Waals surface area (Å²) in [6.45, 7) is 5.19. The van der Waals surface area contributed by atoms with Crippen molar-refractivity contribution in [1.29, 1.82) is 0 Å². The number of hydrogen-bond acceptors (Lipinski definition) is 6. The Kier molecular flexibility index (Phi) is 4.24. The fraction of sp³-hybridized carbons (Fsp3) is 0.417. The normalized spacial score (nSPS) is 10.5. The fourth-order valence-corrected chi connectivity index (χ4v) is 1.88. The summed E-state index contributed by atoms with van der Waals surface area (Å²) in [5, 5.41) is 21.7. The van der Waals surface area contributed by atoms with Crippen molar-refractivity contribution in [1.82, 2.24) is 19.7 Å². The van der Waals surface area contributed by atoms with Gasteiger partial charge in [-0.2, -0.15) is 0 Å². The van der Waals surface area contributed by atoms with Gasteiger partial charge in [0, 0.05) is 25.1 Å². The van der Waals surface area contributed by atoms with Gasteiger partial charge in [0.05, 0.1) is 4.92 Å². The monoisotopic (exact) mass is 276 g/mol. The fourth-order valence-electron chi connectivity index (χ4n) is 1.88. The van der Waals surface area contributed by atoms with Gasteiger partial charge >= 0.3 is 0 Å². The van der Waals surface area contributed by atoms with E-state index < -0.39 is 4.92 Å². The molecule has 0 aliphatic carbocycles. The third-order valence-corrected chi connectivity index (χ3v) is 2.97. The van der Waals surface area contributed by atoms with Gasteiger partial charge in [-0.3, -0.25) is 10.1 Å². The number of aromatic nitrogens is 4. The van der Waals surface area contributed by atoms with Crippen molar-refractivity contribution in [2.75, 3.05) is 11.9 Å². The number of anilines is 1. The number of nitrogens with one attached hydrogen (secondary N) is 1. The van der Waals surface area contributed by atoms with Crippen molar-refractivity contribution in [3.8, 4) is 0 Å². The topological polar surface area (TPSA) is 98.8 Å². The van der Waals surface area contributed by atoms with Crippen LogP contribution < -0.4 is 5.32 Å². The van der Waals surface area contributed by atoms with Crippen LogP contribution in [-0.4, -0.2) is 31.2 Å². The molecule has 2 aromatic rings. The maximum Gasteiger partial charge on any atom is 0.290 e. The molecule has 0 aliphatic heterocycles. The summed E-state index contributed by atoms with van der Waals surface area (Å²) >= 11 is 0. The summed E-state index contributed by atoms with van der Waals surface area (Å²) in [5.41, 5.74) is 0.616. The molecule has 106 valence electrons. The lowest BCUT2D eigenvalue weighted by molar-refractivity contribution is -0.385. The Labute approximate surface area is 116 Å². The average Bonchev–Trinajstić information content (AvgIpc) is 2.86. The highest BCUT2D eigenvalue weighted by atomic mass is 16.6. The second kappa shape index (κ2) is 6.09. The lowest BCUT2D eigenvalue weighted by Crippen LogP contribution is -2.10. The Morgan fingerprint density at radius 3 is 2.95 bits per heavy atom. The van der Waals surface area contributed by atoms with Crippen molar-refractivity contribution < 1.29 is 4.92 Å². The lowest BCUT2D eigenvalue weighted by Gasteiger charge is -2.07. The maximum atomic E-state index is 10.7. The zero-order valence-electron chi connectivity index (χ0n) is 11.4. The van der Waals surface area contributed by atoms with Gasteiger partial charge in [0.25, 0.3) is 5.69 Å². The van der Waals surface area contributed by atoms with Crippen molar-refractivity contribution in [3.05, 3.63) is 40.1 Å². The average molecular weight is 276 g/mol. The second-order valence-corrected chi connectivity index (χ2v) is 4.32. The van der Waals surface area contributed by atoms with E-state index in [9.17, 15) is 10.1 Å². The van der Waals surface area contributed by atoms with Crippen molar-refractivity contribution in [3.63, 3.8) is 0 Å². The van der Waals surface area contributed by atoms with Gasteiger partial charge in [0.1, 0.15) is 24.2 Å². The molecule has 0 spiro atoms. The number of pyridine rings is 1. The van der Waals surface area contributed by atoms with Crippen LogP contribution in [0, 0.1) is 17.0 Å². The standard InChI is InChI=1S/C12H16N6O2/c1-3-17-8-15-16-12(17)4-5-13-11-6-9(2)10(7-14-11)18(19)20/h6-8H,3-5H2,1-2H3,(H,13,14). The van der Waals surface area contributed by atoms with Crippen LogP contribution in [0.15, 0.2) is 18.6 Å². The molecule has 0 atom stereocenters. The first kappa shape index (κ1) is 13.9. The molecule has 0 aliphatic rings. The molecule has 0 saturated carbocycles. The van der Waals surface area contributed by atoms with Gasteiger partial charge in [-0.25, -0.2) is 4.98 Å². The molecule has 1 N–H and O–H groups in total. The van der Waals surface area contributed by atoms with Crippen LogP contribution in [-0.2, 0) is 13.0 Å². The smallest absolute Gasteiger partial charge is 0.290 e. The third kappa shape index (κ3) is 3.08. The molecular formula is C12H16N6O2. The van der Waals surface area contributed by atoms with Gasteiger partial charge in [-0.15, -0.1) is 10.2 Å². The van der Waals surface area contributed by atoms with E-state index in [0.29, 0.717) is 24.3 Å². The summed E-state index contributed by atoms with van der Waals surface area (Å²) in [4.78, 5) is 14.3. The number of rotatable bonds is 6. The van der Waals surface area contributed by atoms with E-state index in [0.717, 1.165) is 12.4 Å². The van der Waals surface area contributed by atoms with E-state index in [2.05, 4.69) is 20.5 Å². The van der Waals surface area contributed by atoms with Crippen molar-refractivity contribution >= 4 is 11.5 Å². The molecule has 2 aromatic heterocycles. The maximum absolute atomic E-state index is 10.7. The Bertz CT molecular complexity index is 610. The first-order valence-electron chi connectivity index (χ1n) is 6.33. The molecular weight excluding hydrogens is 260 g/mol. The molecule has 0 saturated heterocycles. The summed E-state index contributed by atoms with van der Waals surface area (Å²) in [7, 11) is 0. The van der Waals surface area contributed by atoms with Gasteiger partial charge in [-0.1, -0.05) is 0 Å². The third-order valence-electron chi connectivity index (χ3n) is 2.97. The number of nitrogens with zero attached hydrogens (tertiary/aromatic N) is 5. The van der Waals surface area contributed by atoms with Gasteiger partial charge in [0.15, 0.2) is 0 Å². The van der Waals surface area contributed by atoms with E-state index in [-0.39, 0.29) is 5.69 Å². The summed E-state index contributed by atoms with van der Waals surface area (Å²) < 4.78 is 1.97. The number of hydrogen-bond donors (Lipinski definition) is 1. The summed E-state index contributed by atoms with van der Waals surface area (Å²) in [5.74, 6) is 1.52. The largest absolute Gasteiger partial charge is 0.370 e. The van der Waals surface area contributed by atoms with E-state index >= 15 is 0 Å². The molecule has 8 nitrogen and oxygen atoms in total. The zero-order valence-corrected chi connectivity index (χ0v) is 11.4. The second-order valence-electron chi connectivity index (χ2n) is 4.32. The summed E-state index contributed by atoms with van der Waals surface area (Å²) in [6, 6.07) is 1.67. The molecule has 2 heterocycles. The SMILES string of the molecule is CCn1cnnc1CCNc1cc(C)c([N+](=O)[O-])cn1. The predicted octanol–water partition coefficient (Wildman–Crippen LogP) is 1.56. The van der Waals surface area contributed by atoms with Crippen LogP contribution in [0.2, 0.25) is 0 Å². The number of aryl methyl sites for hydroxylation is 2. The van der Waals surface area contributed by atoms with Gasteiger partial charge in [-0.05, 0) is 19.9 Å². The van der Waals surface area contributed by atoms with E-state index in [1.54, 1.807) is 19.3 Å². The molecule has 2 rings (SSSR count). The Morgan fingerprint density at radius 1 is 1.50 bits per heavy atom. The zero-order chi connectivity index (χ0) is 14.5. The molecule has 0 unspecified atom stereocenters. The van der Waals surface area contributed by atoms with Crippen LogP contribution in [0.1, 0.15) is 18.3 Å². The van der Waals surface area contributed by atoms with Crippen LogP contribution >= 0.6 is 0 Å². The molecule has 0 fully saturated rings. The minimum absolute atomic E-state index is 0.0290. The molecule has 8 heteroatoms. The van der Waals surface area contributed by atoms with Crippen LogP contribution in [0.4, 0.5) is 11.5 Å². The molecule has 20 heavy (non-hydrogen) atoms. The highest BCUT2D eigenvalue weighted by molar-refractivity contribution is 5.46. The minimum atomic E-state index is -0.435. The van der Waals surface area contributed by atoms with Crippen molar-refractivity contribution in [2.24, 2.45) is 0 Å². The van der Waals surface area contributed by atoms with E-state index in [4.69, 9.17) is 0 Å². The van der Waals surface area contributed by atoms with Crippen molar-refractivity contribution in [2.45, 2.75) is 26.8 Å². The Morgan fingerprint density at radius 2 is 2.30 bits per heavy atom. The first-order valence-corrected chi connectivity index (χ1v) is 6.33. The molecule has 0 amide bonds. The van der Waals surface area contributed by atoms with Crippen LogP contribution in [0.3, 0.4) is 0 Å². The first-order chi connectivity index (χ1) is 9.61. The minimum Gasteiger partial charge on any atom is -0.370 e. The van der Waals surface area contributed by atoms with E-state index in [1.807, 2.05) is 11.5 Å². The van der Waals surface area contributed by atoms with Gasteiger partial charge in [0.2, 0.25) is 0 Å². The molecule has 0 bridgehead atoms. The Balaban J connectivity index is 1.95. The van der Waals surface area contributed by atoms with Crippen LogP contribution in [0.5, 0.6) is 0 Å². The molecule has 0 radical (unpaired) electrons.